The standard InChI is InChI=1S/C29H29O4P/c1-22-14-8-11-19-26(22)31-34(32-27-20-12-9-15-23(27)2)33-28-21-13-10-18-25(28)29(3,30-4)24-16-6-5-7-17-24/h5-21H,1-4H3. The van der Waals surface area contributed by atoms with Crippen LogP contribution in [0.1, 0.15) is 29.2 Å². The minimum Gasteiger partial charge on any atom is -0.408 e. The lowest BCUT2D eigenvalue weighted by Crippen LogP contribution is -2.26. The Morgan fingerprint density at radius 3 is 1.53 bits per heavy atom. The van der Waals surface area contributed by atoms with Crippen LogP contribution >= 0.6 is 8.60 Å². The van der Waals surface area contributed by atoms with Crippen molar-refractivity contribution in [3.05, 3.63) is 125 Å². The molecule has 0 aromatic heterocycles. The molecule has 0 spiro atoms. The number of ether oxygens (including phenoxy) is 1. The second-order valence-electron chi connectivity index (χ2n) is 8.13. The SMILES string of the molecule is COC(C)(c1ccccc1)c1ccccc1OP(Oc1ccccc1C)Oc1ccccc1C. The highest BCUT2D eigenvalue weighted by molar-refractivity contribution is 7.43. The maximum Gasteiger partial charge on any atom is 0.530 e. The Hall–Kier alpha value is -3.33. The minimum absolute atomic E-state index is 0.643. The smallest absolute Gasteiger partial charge is 0.408 e. The second kappa shape index (κ2) is 10.7. The van der Waals surface area contributed by atoms with E-state index < -0.39 is 14.2 Å². The summed E-state index contributed by atoms with van der Waals surface area (Å²) in [7, 11) is -0.106. The lowest BCUT2D eigenvalue weighted by atomic mass is 9.87. The van der Waals surface area contributed by atoms with Crippen molar-refractivity contribution in [3.8, 4) is 17.2 Å². The molecule has 0 saturated heterocycles. The van der Waals surface area contributed by atoms with Crippen LogP contribution in [0.25, 0.3) is 0 Å². The molecule has 0 aliphatic heterocycles. The van der Waals surface area contributed by atoms with E-state index in [4.69, 9.17) is 18.3 Å². The summed E-state index contributed by atoms with van der Waals surface area (Å²) < 4.78 is 25.1. The molecule has 0 saturated carbocycles. The van der Waals surface area contributed by atoms with Gasteiger partial charge in [0.2, 0.25) is 0 Å². The Morgan fingerprint density at radius 1 is 0.559 bits per heavy atom. The minimum atomic E-state index is -1.81. The summed E-state index contributed by atoms with van der Waals surface area (Å²) in [6.07, 6.45) is 0. The van der Waals surface area contributed by atoms with E-state index in [1.165, 1.54) is 0 Å². The number of methoxy groups -OCH3 is 1. The van der Waals surface area contributed by atoms with Crippen LogP contribution in [0.4, 0.5) is 0 Å². The van der Waals surface area contributed by atoms with Crippen molar-refractivity contribution in [2.45, 2.75) is 26.4 Å². The van der Waals surface area contributed by atoms with Crippen molar-refractivity contribution in [2.75, 3.05) is 7.11 Å². The number of rotatable bonds is 9. The molecule has 0 heterocycles. The summed E-state index contributed by atoms with van der Waals surface area (Å²) >= 11 is 0. The van der Waals surface area contributed by atoms with Crippen molar-refractivity contribution >= 4 is 8.60 Å². The van der Waals surface area contributed by atoms with E-state index in [1.54, 1.807) is 7.11 Å². The van der Waals surface area contributed by atoms with Crippen LogP contribution in [0.15, 0.2) is 103 Å². The van der Waals surface area contributed by atoms with Gasteiger partial charge in [-0.15, -0.1) is 0 Å². The second-order valence-corrected chi connectivity index (χ2v) is 9.12. The summed E-state index contributed by atoms with van der Waals surface area (Å²) in [6, 6.07) is 33.7. The zero-order valence-corrected chi connectivity index (χ0v) is 20.8. The van der Waals surface area contributed by atoms with Gasteiger partial charge in [-0.3, -0.25) is 0 Å². The van der Waals surface area contributed by atoms with E-state index in [9.17, 15) is 0 Å². The molecule has 4 aromatic carbocycles. The Balaban J connectivity index is 1.72. The van der Waals surface area contributed by atoms with Gasteiger partial charge in [-0.2, -0.15) is 0 Å². The van der Waals surface area contributed by atoms with E-state index in [-0.39, 0.29) is 0 Å². The molecule has 0 bridgehead atoms. The third kappa shape index (κ3) is 5.25. The van der Waals surface area contributed by atoms with Crippen molar-refractivity contribution < 1.29 is 18.3 Å². The van der Waals surface area contributed by atoms with Crippen LogP contribution in [-0.4, -0.2) is 7.11 Å². The van der Waals surface area contributed by atoms with Gasteiger partial charge in [0.05, 0.1) is 0 Å². The van der Waals surface area contributed by atoms with E-state index in [0.717, 1.165) is 33.8 Å². The quantitative estimate of drug-likeness (QED) is 0.231. The van der Waals surface area contributed by atoms with Gasteiger partial charge in [-0.05, 0) is 55.7 Å². The lowest BCUT2D eigenvalue weighted by molar-refractivity contribution is 0.0377. The van der Waals surface area contributed by atoms with E-state index in [2.05, 4.69) is 12.1 Å². The van der Waals surface area contributed by atoms with Gasteiger partial charge in [0, 0.05) is 12.7 Å². The monoisotopic (exact) mass is 472 g/mol. The molecule has 4 nitrogen and oxygen atoms in total. The van der Waals surface area contributed by atoms with Gasteiger partial charge in [-0.25, -0.2) is 0 Å². The Kier molecular flexibility index (Phi) is 7.52. The van der Waals surface area contributed by atoms with Crippen LogP contribution in [-0.2, 0) is 10.3 Å². The molecule has 5 heteroatoms. The molecule has 1 atom stereocenters. The molecule has 0 fully saturated rings. The first-order valence-corrected chi connectivity index (χ1v) is 12.3. The zero-order valence-electron chi connectivity index (χ0n) is 19.9. The molecule has 0 aliphatic carbocycles. The normalized spacial score (nSPS) is 12.7. The zero-order chi connectivity index (χ0) is 24.0. The van der Waals surface area contributed by atoms with E-state index in [0.29, 0.717) is 5.75 Å². The summed E-state index contributed by atoms with van der Waals surface area (Å²) in [6.45, 7) is 6.04. The molecule has 0 aliphatic rings. The van der Waals surface area contributed by atoms with E-state index in [1.807, 2.05) is 112 Å². The number of benzene rings is 4. The summed E-state index contributed by atoms with van der Waals surface area (Å²) in [5, 5.41) is 0. The Labute approximate surface area is 203 Å². The Morgan fingerprint density at radius 2 is 1.00 bits per heavy atom. The molecule has 0 radical (unpaired) electrons. The summed E-state index contributed by atoms with van der Waals surface area (Å²) in [5.41, 5.74) is 3.21. The molecule has 0 N–H and O–H groups in total. The lowest BCUT2D eigenvalue weighted by Gasteiger charge is -2.31. The molecule has 0 amide bonds. The molecule has 174 valence electrons. The number of aryl methyl sites for hydroxylation is 2. The predicted molar refractivity (Wildman–Crippen MR) is 138 cm³/mol. The third-order valence-electron chi connectivity index (χ3n) is 5.84. The molecule has 1 unspecified atom stereocenters. The molecular weight excluding hydrogens is 443 g/mol. The average molecular weight is 473 g/mol. The van der Waals surface area contributed by atoms with Crippen LogP contribution in [0.2, 0.25) is 0 Å². The van der Waals surface area contributed by atoms with Crippen molar-refractivity contribution in [2.24, 2.45) is 0 Å². The topological polar surface area (TPSA) is 36.9 Å². The number of para-hydroxylation sites is 3. The summed E-state index contributed by atoms with van der Waals surface area (Å²) in [4.78, 5) is 0. The largest absolute Gasteiger partial charge is 0.530 e. The number of hydrogen-bond acceptors (Lipinski definition) is 4. The first kappa shape index (κ1) is 23.8. The number of hydrogen-bond donors (Lipinski definition) is 0. The van der Waals surface area contributed by atoms with Crippen LogP contribution < -0.4 is 13.6 Å². The predicted octanol–water partition coefficient (Wildman–Crippen LogP) is 7.98. The fraction of sp³-hybridized carbons (Fsp3) is 0.172. The van der Waals surface area contributed by atoms with Gasteiger partial charge in [0.25, 0.3) is 0 Å². The summed E-state index contributed by atoms with van der Waals surface area (Å²) in [5.74, 6) is 2.08. The highest BCUT2D eigenvalue weighted by Crippen LogP contribution is 2.47. The van der Waals surface area contributed by atoms with Crippen LogP contribution in [0.5, 0.6) is 17.2 Å². The highest BCUT2D eigenvalue weighted by Gasteiger charge is 2.33. The van der Waals surface area contributed by atoms with Crippen molar-refractivity contribution in [1.29, 1.82) is 0 Å². The van der Waals surface area contributed by atoms with Gasteiger partial charge >= 0.3 is 8.60 Å². The first-order valence-electron chi connectivity index (χ1n) is 11.2. The molecular formula is C29H29O4P. The van der Waals surface area contributed by atoms with Crippen molar-refractivity contribution in [3.63, 3.8) is 0 Å². The third-order valence-corrected chi connectivity index (χ3v) is 6.88. The molecule has 34 heavy (non-hydrogen) atoms. The van der Waals surface area contributed by atoms with Gasteiger partial charge in [0.15, 0.2) is 0 Å². The molecule has 4 rings (SSSR count). The fourth-order valence-electron chi connectivity index (χ4n) is 3.69. The highest BCUT2D eigenvalue weighted by atomic mass is 31.2. The van der Waals surface area contributed by atoms with E-state index >= 15 is 0 Å². The first-order chi connectivity index (χ1) is 16.5. The van der Waals surface area contributed by atoms with Gasteiger partial charge < -0.3 is 18.3 Å². The maximum atomic E-state index is 6.47. The fourth-order valence-corrected chi connectivity index (χ4v) is 4.86. The van der Waals surface area contributed by atoms with Crippen LogP contribution in [0.3, 0.4) is 0 Å². The molecule has 4 aromatic rings. The van der Waals surface area contributed by atoms with Crippen LogP contribution in [0, 0.1) is 13.8 Å². The van der Waals surface area contributed by atoms with Gasteiger partial charge in [-0.1, -0.05) is 84.9 Å². The van der Waals surface area contributed by atoms with Crippen molar-refractivity contribution in [1.82, 2.24) is 0 Å². The average Bonchev–Trinajstić information content (AvgIpc) is 2.87. The van der Waals surface area contributed by atoms with Gasteiger partial charge in [0.1, 0.15) is 22.8 Å². The maximum absolute atomic E-state index is 6.47. The Bertz CT molecular complexity index is 1180.